The summed E-state index contributed by atoms with van der Waals surface area (Å²) >= 11 is 0. The van der Waals surface area contributed by atoms with Gasteiger partial charge in [-0.15, -0.1) is 0 Å². The second kappa shape index (κ2) is 6.90. The molecule has 0 bridgehead atoms. The molecule has 3 amide bonds. The van der Waals surface area contributed by atoms with Gasteiger partial charge in [0, 0.05) is 23.1 Å². The molecular weight excluding hydrogens is 328 g/mol. The zero-order valence-corrected chi connectivity index (χ0v) is 14.6. The van der Waals surface area contributed by atoms with Gasteiger partial charge < -0.3 is 5.32 Å². The fourth-order valence-corrected chi connectivity index (χ4v) is 4.14. The van der Waals surface area contributed by atoms with Crippen molar-refractivity contribution in [3.05, 3.63) is 41.5 Å². The number of imide groups is 1. The fourth-order valence-electron chi connectivity index (χ4n) is 4.14. The molecule has 134 valence electrons. The summed E-state index contributed by atoms with van der Waals surface area (Å²) in [6, 6.07) is 8.83. The van der Waals surface area contributed by atoms with Crippen molar-refractivity contribution in [3.63, 3.8) is 0 Å². The van der Waals surface area contributed by atoms with Crippen LogP contribution in [0.5, 0.6) is 0 Å². The zero-order chi connectivity index (χ0) is 18.1. The molecule has 2 aliphatic rings. The summed E-state index contributed by atoms with van der Waals surface area (Å²) in [5.74, 6) is -0.161. The van der Waals surface area contributed by atoms with Gasteiger partial charge in [-0.1, -0.05) is 44.2 Å². The molecule has 0 spiro atoms. The number of hydrogen-bond acceptors (Lipinski definition) is 3. The van der Waals surface area contributed by atoms with E-state index in [9.17, 15) is 14.4 Å². The quantitative estimate of drug-likeness (QED) is 0.818. The normalized spacial score (nSPS) is 17.2. The highest BCUT2D eigenvalue weighted by atomic mass is 16.2. The molecule has 0 saturated heterocycles. The molecule has 4 rings (SSSR count). The van der Waals surface area contributed by atoms with Crippen LogP contribution in [0.4, 0.5) is 5.69 Å². The topological polar surface area (TPSA) is 75.3 Å². The van der Waals surface area contributed by atoms with Crippen molar-refractivity contribution in [3.8, 4) is 0 Å². The third-order valence-electron chi connectivity index (χ3n) is 5.48. The van der Waals surface area contributed by atoms with Crippen LogP contribution in [0.2, 0.25) is 0 Å². The highest BCUT2D eigenvalue weighted by Crippen LogP contribution is 2.30. The van der Waals surface area contributed by atoms with Crippen molar-refractivity contribution in [1.82, 2.24) is 5.32 Å². The molecule has 2 aromatic rings. The summed E-state index contributed by atoms with van der Waals surface area (Å²) in [6.45, 7) is 0. The van der Waals surface area contributed by atoms with Crippen LogP contribution >= 0.6 is 0 Å². The fraction of sp³-hybridized carbons (Fsp3) is 0.381. The standard InChI is InChI=1S/C21H22N2O3/c24-18(10-9-13-5-2-1-3-6-13)22-15-11-14-7-4-8-16-19(14)17(12-15)21(26)23-20(16)25/h4,7-8,11-13H,1-3,5-6,9-10H2,(H,22,24)(H,23,25,26). The number of rotatable bonds is 4. The average molecular weight is 350 g/mol. The summed E-state index contributed by atoms with van der Waals surface area (Å²) < 4.78 is 0. The van der Waals surface area contributed by atoms with Crippen molar-refractivity contribution >= 4 is 34.2 Å². The molecule has 1 aliphatic carbocycles. The van der Waals surface area contributed by atoms with E-state index in [0.29, 0.717) is 34.5 Å². The molecule has 5 nitrogen and oxygen atoms in total. The predicted molar refractivity (Wildman–Crippen MR) is 100 cm³/mol. The Morgan fingerprint density at radius 2 is 1.81 bits per heavy atom. The van der Waals surface area contributed by atoms with Crippen LogP contribution in [-0.2, 0) is 4.79 Å². The maximum absolute atomic E-state index is 12.3. The first kappa shape index (κ1) is 16.8. The van der Waals surface area contributed by atoms with Crippen molar-refractivity contribution < 1.29 is 14.4 Å². The lowest BCUT2D eigenvalue weighted by molar-refractivity contribution is -0.116. The van der Waals surface area contributed by atoms with Crippen molar-refractivity contribution in [1.29, 1.82) is 0 Å². The number of nitrogens with one attached hydrogen (secondary N) is 2. The van der Waals surface area contributed by atoms with Crippen LogP contribution in [-0.4, -0.2) is 17.7 Å². The molecular formula is C21H22N2O3. The highest BCUT2D eigenvalue weighted by molar-refractivity contribution is 6.26. The second-order valence-electron chi connectivity index (χ2n) is 7.30. The Kier molecular flexibility index (Phi) is 4.45. The van der Waals surface area contributed by atoms with E-state index >= 15 is 0 Å². The van der Waals surface area contributed by atoms with E-state index < -0.39 is 5.91 Å². The monoisotopic (exact) mass is 350 g/mol. The number of hydrogen-bond donors (Lipinski definition) is 2. The first-order chi connectivity index (χ1) is 12.6. The molecule has 1 saturated carbocycles. The Morgan fingerprint density at radius 1 is 1.04 bits per heavy atom. The summed E-state index contributed by atoms with van der Waals surface area (Å²) in [6.07, 6.45) is 7.74. The highest BCUT2D eigenvalue weighted by Gasteiger charge is 2.25. The molecule has 1 fully saturated rings. The Balaban J connectivity index is 1.53. The van der Waals surface area contributed by atoms with Gasteiger partial charge in [-0.2, -0.15) is 0 Å². The minimum absolute atomic E-state index is 0.0226. The number of carbonyl (C=O) groups is 3. The summed E-state index contributed by atoms with van der Waals surface area (Å²) in [5, 5.41) is 6.71. The molecule has 26 heavy (non-hydrogen) atoms. The van der Waals surface area contributed by atoms with Gasteiger partial charge >= 0.3 is 0 Å². The van der Waals surface area contributed by atoms with Crippen molar-refractivity contribution in [2.24, 2.45) is 5.92 Å². The van der Waals surface area contributed by atoms with Gasteiger partial charge in [0.15, 0.2) is 0 Å². The minimum atomic E-state index is -0.419. The Hall–Kier alpha value is -2.69. The third-order valence-corrected chi connectivity index (χ3v) is 5.48. The largest absolute Gasteiger partial charge is 0.326 e. The van der Waals surface area contributed by atoms with E-state index in [0.717, 1.165) is 11.8 Å². The molecule has 1 heterocycles. The molecule has 0 unspecified atom stereocenters. The summed E-state index contributed by atoms with van der Waals surface area (Å²) in [5.41, 5.74) is 1.52. The van der Waals surface area contributed by atoms with Crippen molar-refractivity contribution in [2.75, 3.05) is 5.32 Å². The lowest BCUT2D eigenvalue weighted by atomic mass is 9.86. The Labute approximate surface area is 152 Å². The molecule has 5 heteroatoms. The molecule has 2 N–H and O–H groups in total. The smallest absolute Gasteiger partial charge is 0.258 e. The van der Waals surface area contributed by atoms with Gasteiger partial charge in [-0.05, 0) is 35.9 Å². The molecule has 0 aromatic heterocycles. The first-order valence-corrected chi connectivity index (χ1v) is 9.34. The van der Waals surface area contributed by atoms with Gasteiger partial charge in [0.05, 0.1) is 5.56 Å². The van der Waals surface area contributed by atoms with Crippen LogP contribution in [0.25, 0.3) is 10.8 Å². The Bertz CT molecular complexity index is 898. The maximum Gasteiger partial charge on any atom is 0.258 e. The van der Waals surface area contributed by atoms with Crippen LogP contribution in [0.3, 0.4) is 0 Å². The van der Waals surface area contributed by atoms with Crippen LogP contribution in [0.1, 0.15) is 65.7 Å². The lowest BCUT2D eigenvalue weighted by Crippen LogP contribution is -2.34. The molecule has 0 atom stereocenters. The van der Waals surface area contributed by atoms with E-state index in [-0.39, 0.29) is 11.8 Å². The lowest BCUT2D eigenvalue weighted by Gasteiger charge is -2.21. The van der Waals surface area contributed by atoms with Gasteiger partial charge in [0.1, 0.15) is 0 Å². The first-order valence-electron chi connectivity index (χ1n) is 9.34. The number of amides is 3. The minimum Gasteiger partial charge on any atom is -0.326 e. The number of carbonyl (C=O) groups excluding carboxylic acids is 3. The van der Waals surface area contributed by atoms with Crippen LogP contribution in [0, 0.1) is 5.92 Å². The second-order valence-corrected chi connectivity index (χ2v) is 7.30. The predicted octanol–water partition coefficient (Wildman–Crippen LogP) is 4.02. The van der Waals surface area contributed by atoms with E-state index in [1.165, 1.54) is 32.1 Å². The molecule has 1 aliphatic heterocycles. The van der Waals surface area contributed by atoms with E-state index in [1.54, 1.807) is 18.2 Å². The number of benzene rings is 2. The summed E-state index contributed by atoms with van der Waals surface area (Å²) in [7, 11) is 0. The van der Waals surface area contributed by atoms with Gasteiger partial charge in [0.2, 0.25) is 5.91 Å². The van der Waals surface area contributed by atoms with Crippen LogP contribution < -0.4 is 10.6 Å². The van der Waals surface area contributed by atoms with E-state index in [1.807, 2.05) is 12.1 Å². The average Bonchev–Trinajstić information content (AvgIpc) is 2.65. The molecule has 2 aromatic carbocycles. The van der Waals surface area contributed by atoms with Gasteiger partial charge in [-0.3, -0.25) is 19.7 Å². The Morgan fingerprint density at radius 3 is 2.62 bits per heavy atom. The van der Waals surface area contributed by atoms with Gasteiger partial charge in [-0.25, -0.2) is 0 Å². The van der Waals surface area contributed by atoms with E-state index in [4.69, 9.17) is 0 Å². The SMILES string of the molecule is O=C(CCC1CCCCC1)Nc1cc2c3c(cccc3c1)C(=O)NC2=O. The molecule has 0 radical (unpaired) electrons. The van der Waals surface area contributed by atoms with E-state index in [2.05, 4.69) is 10.6 Å². The van der Waals surface area contributed by atoms with Crippen molar-refractivity contribution in [2.45, 2.75) is 44.9 Å². The number of anilines is 1. The van der Waals surface area contributed by atoms with Gasteiger partial charge in [0.25, 0.3) is 11.8 Å². The third kappa shape index (κ3) is 3.21. The van der Waals surface area contributed by atoms with Crippen LogP contribution in [0.15, 0.2) is 30.3 Å². The zero-order valence-electron chi connectivity index (χ0n) is 14.6. The maximum atomic E-state index is 12.3. The summed E-state index contributed by atoms with van der Waals surface area (Å²) in [4.78, 5) is 36.5.